The zero-order valence-corrected chi connectivity index (χ0v) is 9.01. The van der Waals surface area contributed by atoms with Crippen molar-refractivity contribution in [1.82, 2.24) is 5.01 Å². The minimum absolute atomic E-state index is 0.0181. The summed E-state index contributed by atoms with van der Waals surface area (Å²) in [7, 11) is 3.43. The Labute approximate surface area is 92.2 Å². The van der Waals surface area contributed by atoms with E-state index in [9.17, 15) is 14.9 Å². The molecule has 0 aliphatic carbocycles. The highest BCUT2D eigenvalue weighted by molar-refractivity contribution is 5.85. The predicted molar refractivity (Wildman–Crippen MR) is 58.0 cm³/mol. The van der Waals surface area contributed by atoms with Crippen molar-refractivity contribution in [2.45, 2.75) is 6.42 Å². The standard InChI is InChI=1S/C10H11N3O3/c1-11-9-4-3-8(13(15)16)5-7(9)6-10(14)12(11)2/h3-5H,6H2,1-2H3. The number of benzene rings is 1. The molecule has 6 heteroatoms. The second kappa shape index (κ2) is 3.48. The van der Waals surface area contributed by atoms with Gasteiger partial charge in [0.15, 0.2) is 0 Å². The largest absolute Gasteiger partial charge is 0.286 e. The molecular formula is C10H11N3O3. The van der Waals surface area contributed by atoms with E-state index < -0.39 is 4.92 Å². The highest BCUT2D eigenvalue weighted by Crippen LogP contribution is 2.29. The smallest absolute Gasteiger partial charge is 0.269 e. The number of non-ortho nitro benzene ring substituents is 1. The molecule has 1 aliphatic heterocycles. The number of hydrogen-bond acceptors (Lipinski definition) is 4. The van der Waals surface area contributed by atoms with Gasteiger partial charge in [0.05, 0.1) is 17.0 Å². The quantitative estimate of drug-likeness (QED) is 0.523. The lowest BCUT2D eigenvalue weighted by Gasteiger charge is -2.35. The zero-order chi connectivity index (χ0) is 11.9. The summed E-state index contributed by atoms with van der Waals surface area (Å²) in [6.07, 6.45) is 0.206. The molecule has 84 valence electrons. The van der Waals surface area contributed by atoms with Crippen LogP contribution in [0.1, 0.15) is 5.56 Å². The second-order valence-corrected chi connectivity index (χ2v) is 3.69. The first kappa shape index (κ1) is 10.4. The molecule has 1 aliphatic rings. The Bertz CT molecular complexity index is 472. The molecule has 2 rings (SSSR count). The van der Waals surface area contributed by atoms with Gasteiger partial charge in [-0.1, -0.05) is 0 Å². The van der Waals surface area contributed by atoms with Crippen LogP contribution in [0.4, 0.5) is 11.4 Å². The van der Waals surface area contributed by atoms with Crippen LogP contribution in [0.3, 0.4) is 0 Å². The Balaban J connectivity index is 2.49. The molecule has 1 aromatic rings. The van der Waals surface area contributed by atoms with E-state index in [4.69, 9.17) is 0 Å². The van der Waals surface area contributed by atoms with Crippen LogP contribution in [0.5, 0.6) is 0 Å². The number of rotatable bonds is 1. The summed E-state index contributed by atoms with van der Waals surface area (Å²) in [5, 5.41) is 13.8. The van der Waals surface area contributed by atoms with E-state index in [0.717, 1.165) is 5.69 Å². The molecule has 1 amide bonds. The Hall–Kier alpha value is -2.11. The van der Waals surface area contributed by atoms with Crippen LogP contribution in [0.25, 0.3) is 0 Å². The molecule has 0 atom stereocenters. The Morgan fingerprint density at radius 1 is 1.31 bits per heavy atom. The first-order chi connectivity index (χ1) is 7.50. The summed E-state index contributed by atoms with van der Waals surface area (Å²) in [6, 6.07) is 4.56. The second-order valence-electron chi connectivity index (χ2n) is 3.69. The van der Waals surface area contributed by atoms with Gasteiger partial charge in [0, 0.05) is 26.2 Å². The lowest BCUT2D eigenvalue weighted by Crippen LogP contribution is -2.45. The van der Waals surface area contributed by atoms with E-state index >= 15 is 0 Å². The number of nitrogens with zero attached hydrogens (tertiary/aromatic N) is 3. The van der Waals surface area contributed by atoms with Gasteiger partial charge in [-0.2, -0.15) is 0 Å². The van der Waals surface area contributed by atoms with Gasteiger partial charge in [0.2, 0.25) is 5.91 Å². The number of fused-ring (bicyclic) bond motifs is 1. The maximum absolute atomic E-state index is 11.6. The molecule has 0 saturated carbocycles. The SMILES string of the molecule is CN1C(=O)Cc2cc([N+](=O)[O-])ccc2N1C. The van der Waals surface area contributed by atoms with Gasteiger partial charge in [0.1, 0.15) is 0 Å². The van der Waals surface area contributed by atoms with E-state index in [2.05, 4.69) is 0 Å². The highest BCUT2D eigenvalue weighted by atomic mass is 16.6. The predicted octanol–water partition coefficient (Wildman–Crippen LogP) is 0.960. The van der Waals surface area contributed by atoms with Crippen LogP contribution < -0.4 is 5.01 Å². The first-order valence-electron chi connectivity index (χ1n) is 4.78. The number of carbonyl (C=O) groups excluding carboxylic acids is 1. The Morgan fingerprint density at radius 3 is 2.62 bits per heavy atom. The van der Waals surface area contributed by atoms with Gasteiger partial charge in [-0.15, -0.1) is 0 Å². The van der Waals surface area contributed by atoms with Gasteiger partial charge >= 0.3 is 0 Å². The summed E-state index contributed by atoms with van der Waals surface area (Å²) < 4.78 is 0. The molecule has 16 heavy (non-hydrogen) atoms. The summed E-state index contributed by atoms with van der Waals surface area (Å²) in [4.78, 5) is 21.7. The fourth-order valence-corrected chi connectivity index (χ4v) is 1.75. The fourth-order valence-electron chi connectivity index (χ4n) is 1.75. The maximum Gasteiger partial charge on any atom is 0.269 e. The third-order valence-corrected chi connectivity index (χ3v) is 2.78. The first-order valence-corrected chi connectivity index (χ1v) is 4.78. The molecule has 6 nitrogen and oxygen atoms in total. The summed E-state index contributed by atoms with van der Waals surface area (Å²) in [6.45, 7) is 0. The van der Waals surface area contributed by atoms with Crippen molar-refractivity contribution >= 4 is 17.3 Å². The molecule has 1 aromatic carbocycles. The molecule has 0 spiro atoms. The molecule has 0 N–H and O–H groups in total. The van der Waals surface area contributed by atoms with Crippen molar-refractivity contribution < 1.29 is 9.72 Å². The molecule has 0 fully saturated rings. The van der Waals surface area contributed by atoms with Crippen molar-refractivity contribution in [3.63, 3.8) is 0 Å². The fraction of sp³-hybridized carbons (Fsp3) is 0.300. The highest BCUT2D eigenvalue weighted by Gasteiger charge is 2.25. The minimum Gasteiger partial charge on any atom is -0.286 e. The van der Waals surface area contributed by atoms with Gasteiger partial charge in [-0.3, -0.25) is 24.9 Å². The van der Waals surface area contributed by atoms with Crippen molar-refractivity contribution in [1.29, 1.82) is 0 Å². The topological polar surface area (TPSA) is 66.7 Å². The summed E-state index contributed by atoms with van der Waals surface area (Å²) in [5.74, 6) is -0.0736. The van der Waals surface area contributed by atoms with Crippen LogP contribution in [-0.4, -0.2) is 29.9 Å². The maximum atomic E-state index is 11.6. The van der Waals surface area contributed by atoms with Crippen LogP contribution in [0.15, 0.2) is 18.2 Å². The van der Waals surface area contributed by atoms with Gasteiger partial charge in [-0.05, 0) is 11.6 Å². The van der Waals surface area contributed by atoms with Crippen molar-refractivity contribution in [2.75, 3.05) is 19.1 Å². The number of likely N-dealkylation sites (N-methyl/N-ethyl adjacent to an activating group) is 1. The molecule has 1 heterocycles. The molecular weight excluding hydrogens is 210 g/mol. The number of carbonyl (C=O) groups is 1. The normalized spacial score (nSPS) is 15.0. The number of nitro benzene ring substituents is 1. The minimum atomic E-state index is -0.455. The van der Waals surface area contributed by atoms with Crippen molar-refractivity contribution in [3.8, 4) is 0 Å². The van der Waals surface area contributed by atoms with Gasteiger partial charge < -0.3 is 0 Å². The van der Waals surface area contributed by atoms with E-state index in [1.165, 1.54) is 17.1 Å². The van der Waals surface area contributed by atoms with Crippen LogP contribution in [-0.2, 0) is 11.2 Å². The van der Waals surface area contributed by atoms with Gasteiger partial charge in [-0.25, -0.2) is 0 Å². The third-order valence-electron chi connectivity index (χ3n) is 2.78. The average molecular weight is 221 g/mol. The molecule has 0 aromatic heterocycles. The van der Waals surface area contributed by atoms with E-state index in [0.29, 0.717) is 5.56 Å². The van der Waals surface area contributed by atoms with Gasteiger partial charge in [0.25, 0.3) is 5.69 Å². The molecule has 0 saturated heterocycles. The summed E-state index contributed by atoms with van der Waals surface area (Å²) in [5.41, 5.74) is 1.54. The third kappa shape index (κ3) is 1.48. The van der Waals surface area contributed by atoms with E-state index in [-0.39, 0.29) is 18.0 Å². The van der Waals surface area contributed by atoms with Crippen molar-refractivity contribution in [2.24, 2.45) is 0 Å². The number of anilines is 1. The van der Waals surface area contributed by atoms with Crippen molar-refractivity contribution in [3.05, 3.63) is 33.9 Å². The Kier molecular flexibility index (Phi) is 2.26. The number of hydrogen-bond donors (Lipinski definition) is 0. The monoisotopic (exact) mass is 221 g/mol. The molecule has 0 radical (unpaired) electrons. The lowest BCUT2D eigenvalue weighted by atomic mass is 10.1. The summed E-state index contributed by atoms with van der Waals surface area (Å²) >= 11 is 0. The average Bonchev–Trinajstić information content (AvgIpc) is 2.25. The van der Waals surface area contributed by atoms with Crippen LogP contribution in [0, 0.1) is 10.1 Å². The van der Waals surface area contributed by atoms with Crippen LogP contribution in [0.2, 0.25) is 0 Å². The number of amides is 1. The molecule has 0 bridgehead atoms. The number of nitro groups is 1. The van der Waals surface area contributed by atoms with Crippen LogP contribution >= 0.6 is 0 Å². The van der Waals surface area contributed by atoms with E-state index in [1.807, 2.05) is 0 Å². The number of hydrazine groups is 1. The Morgan fingerprint density at radius 2 is 2.00 bits per heavy atom. The lowest BCUT2D eigenvalue weighted by molar-refractivity contribution is -0.384. The van der Waals surface area contributed by atoms with E-state index in [1.54, 1.807) is 25.2 Å². The molecule has 0 unspecified atom stereocenters. The zero-order valence-electron chi connectivity index (χ0n) is 9.01.